The van der Waals surface area contributed by atoms with E-state index in [-0.39, 0.29) is 29.7 Å². The Morgan fingerprint density at radius 1 is 1.20 bits per heavy atom. The largest absolute Gasteiger partial charge is 0.481 e. The summed E-state index contributed by atoms with van der Waals surface area (Å²) in [6.45, 7) is 4.97. The summed E-state index contributed by atoms with van der Waals surface area (Å²) in [5, 5.41) is 9.88. The molecule has 3 aliphatic rings. The fourth-order valence-electron chi connectivity index (χ4n) is 3.93. The van der Waals surface area contributed by atoms with Crippen LogP contribution in [0.1, 0.15) is 20.3 Å². The molecule has 4 unspecified atom stereocenters. The molecule has 1 N–H and O–H groups in total. The molecular weight excluding hydrogens is 274 g/mol. The molecule has 0 aromatic carbocycles. The lowest BCUT2D eigenvalue weighted by Crippen LogP contribution is -2.52. The first-order valence-electron chi connectivity index (χ1n) is 7.34. The molecule has 0 radical (unpaired) electrons. The first kappa shape index (κ1) is 14.0. The molecule has 0 aromatic rings. The van der Waals surface area contributed by atoms with E-state index in [0.29, 0.717) is 5.25 Å². The number of carbonyl (C=O) groups is 2. The van der Waals surface area contributed by atoms with Gasteiger partial charge in [-0.05, 0) is 25.2 Å². The fourth-order valence-corrected chi connectivity index (χ4v) is 5.03. The molecule has 1 saturated carbocycles. The van der Waals surface area contributed by atoms with Gasteiger partial charge in [-0.1, -0.05) is 19.1 Å². The molecule has 110 valence electrons. The van der Waals surface area contributed by atoms with Gasteiger partial charge in [-0.15, -0.1) is 0 Å². The molecule has 4 nitrogen and oxygen atoms in total. The third-order valence-electron chi connectivity index (χ3n) is 5.20. The average Bonchev–Trinajstić information content (AvgIpc) is 3.01. The Morgan fingerprint density at radius 2 is 1.85 bits per heavy atom. The van der Waals surface area contributed by atoms with Gasteiger partial charge in [-0.2, -0.15) is 11.8 Å². The maximum Gasteiger partial charge on any atom is 0.307 e. The molecule has 5 heteroatoms. The van der Waals surface area contributed by atoms with Gasteiger partial charge in [-0.3, -0.25) is 9.59 Å². The number of hydrogen-bond donors (Lipinski definition) is 1. The lowest BCUT2D eigenvalue weighted by atomic mass is 9.82. The Balaban J connectivity index is 1.82. The Bertz CT molecular complexity index is 464. The number of thioether (sulfide) groups is 1. The van der Waals surface area contributed by atoms with Crippen LogP contribution in [0.25, 0.3) is 0 Å². The quantitative estimate of drug-likeness (QED) is 0.790. The van der Waals surface area contributed by atoms with Gasteiger partial charge in [-0.25, -0.2) is 0 Å². The van der Waals surface area contributed by atoms with Gasteiger partial charge in [0.25, 0.3) is 0 Å². The Hall–Kier alpha value is -0.970. The van der Waals surface area contributed by atoms with Crippen molar-refractivity contribution in [3.63, 3.8) is 0 Å². The van der Waals surface area contributed by atoms with Crippen molar-refractivity contribution < 1.29 is 14.7 Å². The molecule has 1 aliphatic heterocycles. The second kappa shape index (κ2) is 5.10. The Kier molecular flexibility index (Phi) is 3.56. The van der Waals surface area contributed by atoms with Crippen molar-refractivity contribution in [3.8, 4) is 0 Å². The minimum absolute atomic E-state index is 0.0540. The summed E-state index contributed by atoms with van der Waals surface area (Å²) < 4.78 is 0. The van der Waals surface area contributed by atoms with Gasteiger partial charge in [0, 0.05) is 23.6 Å². The van der Waals surface area contributed by atoms with E-state index in [4.69, 9.17) is 0 Å². The molecule has 1 heterocycles. The van der Waals surface area contributed by atoms with E-state index in [1.54, 1.807) is 0 Å². The van der Waals surface area contributed by atoms with Crippen LogP contribution in [0.3, 0.4) is 0 Å². The zero-order chi connectivity index (χ0) is 14.4. The van der Waals surface area contributed by atoms with Crippen molar-refractivity contribution in [3.05, 3.63) is 12.2 Å². The normalized spacial score (nSPS) is 43.0. The molecule has 2 bridgehead atoms. The van der Waals surface area contributed by atoms with Crippen molar-refractivity contribution in [2.24, 2.45) is 23.7 Å². The highest BCUT2D eigenvalue weighted by Crippen LogP contribution is 2.49. The molecule has 1 saturated heterocycles. The number of amides is 1. The van der Waals surface area contributed by atoms with Crippen LogP contribution in [-0.2, 0) is 9.59 Å². The van der Waals surface area contributed by atoms with E-state index in [1.807, 2.05) is 22.7 Å². The van der Waals surface area contributed by atoms with Gasteiger partial charge >= 0.3 is 5.97 Å². The number of carboxylic acid groups (broad SMARTS) is 1. The molecule has 6 atom stereocenters. The number of carbonyl (C=O) groups excluding carboxylic acids is 1. The number of aliphatic carboxylic acids is 1. The number of carboxylic acids is 1. The lowest BCUT2D eigenvalue weighted by molar-refractivity contribution is -0.151. The minimum Gasteiger partial charge on any atom is -0.481 e. The number of hydrogen-bond acceptors (Lipinski definition) is 3. The second-order valence-corrected chi connectivity index (χ2v) is 7.67. The SMILES string of the molecule is CC1SCCN(C(=O)[C@H]2C3C=CC(C3)[C@H]2C(=O)O)C1C. The second-order valence-electron chi connectivity index (χ2n) is 6.19. The number of nitrogens with zero attached hydrogens (tertiary/aromatic N) is 1. The molecule has 0 aromatic heterocycles. The standard InChI is InChI=1S/C15H21NO3S/c1-8-9(2)20-6-5-16(8)14(17)12-10-3-4-11(7-10)13(12)15(18)19/h3-4,8-13H,5-7H2,1-2H3,(H,18,19)/t8?,9?,10?,11?,12-,13+/m0/s1. The first-order chi connectivity index (χ1) is 9.50. The number of fused-ring (bicyclic) bond motifs is 2. The van der Waals surface area contributed by atoms with Crippen LogP contribution in [0.2, 0.25) is 0 Å². The lowest BCUT2D eigenvalue weighted by Gasteiger charge is -2.40. The molecule has 20 heavy (non-hydrogen) atoms. The van der Waals surface area contributed by atoms with E-state index in [9.17, 15) is 14.7 Å². The van der Waals surface area contributed by atoms with E-state index in [0.717, 1.165) is 18.7 Å². The smallest absolute Gasteiger partial charge is 0.307 e. The monoisotopic (exact) mass is 295 g/mol. The van der Waals surface area contributed by atoms with Crippen LogP contribution in [-0.4, -0.2) is 45.5 Å². The van der Waals surface area contributed by atoms with Gasteiger partial charge in [0.05, 0.1) is 11.8 Å². The third-order valence-corrected chi connectivity index (χ3v) is 6.53. The van der Waals surface area contributed by atoms with Crippen LogP contribution in [0, 0.1) is 23.7 Å². The van der Waals surface area contributed by atoms with Crippen molar-refractivity contribution in [1.29, 1.82) is 0 Å². The summed E-state index contributed by atoms with van der Waals surface area (Å²) in [7, 11) is 0. The molecule has 2 aliphatic carbocycles. The maximum atomic E-state index is 12.9. The highest BCUT2D eigenvalue weighted by atomic mass is 32.2. The van der Waals surface area contributed by atoms with Crippen LogP contribution in [0.4, 0.5) is 0 Å². The molecular formula is C15H21NO3S. The van der Waals surface area contributed by atoms with Gasteiger partial charge in [0.1, 0.15) is 0 Å². The predicted octanol–water partition coefficient (Wildman–Crippen LogP) is 1.86. The van der Waals surface area contributed by atoms with E-state index < -0.39 is 11.9 Å². The van der Waals surface area contributed by atoms with E-state index in [1.165, 1.54) is 0 Å². The Labute approximate surface area is 123 Å². The maximum absolute atomic E-state index is 12.9. The molecule has 1 amide bonds. The van der Waals surface area contributed by atoms with E-state index in [2.05, 4.69) is 19.9 Å². The van der Waals surface area contributed by atoms with Crippen molar-refractivity contribution in [2.75, 3.05) is 12.3 Å². The Morgan fingerprint density at radius 3 is 2.50 bits per heavy atom. The van der Waals surface area contributed by atoms with Crippen LogP contribution in [0.15, 0.2) is 12.2 Å². The van der Waals surface area contributed by atoms with Gasteiger partial charge < -0.3 is 10.0 Å². The van der Waals surface area contributed by atoms with Crippen molar-refractivity contribution >= 4 is 23.6 Å². The summed E-state index contributed by atoms with van der Waals surface area (Å²) in [5.74, 6) is -0.480. The summed E-state index contributed by atoms with van der Waals surface area (Å²) in [4.78, 5) is 26.3. The van der Waals surface area contributed by atoms with Gasteiger partial charge in [0.2, 0.25) is 5.91 Å². The van der Waals surface area contributed by atoms with Crippen molar-refractivity contribution in [1.82, 2.24) is 4.90 Å². The van der Waals surface area contributed by atoms with Crippen LogP contribution >= 0.6 is 11.8 Å². The summed E-state index contributed by atoms with van der Waals surface area (Å²) in [6.07, 6.45) is 4.88. The summed E-state index contributed by atoms with van der Waals surface area (Å²) in [5.41, 5.74) is 0. The fraction of sp³-hybridized carbons (Fsp3) is 0.733. The molecule has 3 rings (SSSR count). The number of rotatable bonds is 2. The summed E-state index contributed by atoms with van der Waals surface area (Å²) >= 11 is 1.89. The van der Waals surface area contributed by atoms with E-state index >= 15 is 0 Å². The predicted molar refractivity (Wildman–Crippen MR) is 78.4 cm³/mol. The van der Waals surface area contributed by atoms with Crippen LogP contribution in [0.5, 0.6) is 0 Å². The zero-order valence-corrected chi connectivity index (χ0v) is 12.7. The minimum atomic E-state index is -0.813. The highest BCUT2D eigenvalue weighted by molar-refractivity contribution is 8.00. The topological polar surface area (TPSA) is 57.6 Å². The zero-order valence-electron chi connectivity index (χ0n) is 11.9. The number of allylic oxidation sites excluding steroid dienone is 2. The highest BCUT2D eigenvalue weighted by Gasteiger charge is 2.53. The summed E-state index contributed by atoms with van der Waals surface area (Å²) in [6, 6.07) is 0.193. The molecule has 0 spiro atoms. The third kappa shape index (κ3) is 2.07. The van der Waals surface area contributed by atoms with Crippen molar-refractivity contribution in [2.45, 2.75) is 31.6 Å². The average molecular weight is 295 g/mol. The first-order valence-corrected chi connectivity index (χ1v) is 8.38. The van der Waals surface area contributed by atoms with Gasteiger partial charge in [0.15, 0.2) is 0 Å². The van der Waals surface area contributed by atoms with Crippen LogP contribution < -0.4 is 0 Å². The molecule has 2 fully saturated rings.